The predicted octanol–water partition coefficient (Wildman–Crippen LogP) is 3.61. The smallest absolute Gasteiger partial charge is 0.232 e. The van der Waals surface area contributed by atoms with Gasteiger partial charge < -0.3 is 14.6 Å². The van der Waals surface area contributed by atoms with Gasteiger partial charge in [-0.15, -0.1) is 10.2 Å². The van der Waals surface area contributed by atoms with Crippen molar-refractivity contribution >= 4 is 23.4 Å². The molecule has 1 heterocycles. The van der Waals surface area contributed by atoms with Crippen molar-refractivity contribution in [2.75, 3.05) is 12.4 Å². The standard InChI is InChI=1S/C20H22N4O2S/c1-14-6-4-7-15(10-14)13-27-20-23-22-18(24(20)2)12-19(25)21-16-8-5-9-17(11-16)26-3/h4-11H,12-13H2,1-3H3,(H,21,25). The summed E-state index contributed by atoms with van der Waals surface area (Å²) in [4.78, 5) is 12.3. The maximum atomic E-state index is 12.3. The summed E-state index contributed by atoms with van der Waals surface area (Å²) in [5.41, 5.74) is 3.16. The summed E-state index contributed by atoms with van der Waals surface area (Å²) in [5, 5.41) is 12.0. The monoisotopic (exact) mass is 382 g/mol. The van der Waals surface area contributed by atoms with E-state index in [2.05, 4.69) is 46.7 Å². The molecule has 0 fully saturated rings. The molecule has 0 atom stereocenters. The molecule has 0 aliphatic rings. The zero-order valence-corrected chi connectivity index (χ0v) is 16.4. The molecule has 7 heteroatoms. The van der Waals surface area contributed by atoms with E-state index in [-0.39, 0.29) is 12.3 Å². The van der Waals surface area contributed by atoms with E-state index < -0.39 is 0 Å². The van der Waals surface area contributed by atoms with Gasteiger partial charge in [-0.1, -0.05) is 47.7 Å². The highest BCUT2D eigenvalue weighted by Gasteiger charge is 2.13. The first kappa shape index (κ1) is 19.0. The minimum absolute atomic E-state index is 0.144. The lowest BCUT2D eigenvalue weighted by atomic mass is 10.2. The van der Waals surface area contributed by atoms with E-state index in [0.29, 0.717) is 17.3 Å². The van der Waals surface area contributed by atoms with Gasteiger partial charge in [-0.2, -0.15) is 0 Å². The van der Waals surface area contributed by atoms with Gasteiger partial charge in [0, 0.05) is 24.6 Å². The van der Waals surface area contributed by atoms with Gasteiger partial charge in [0.25, 0.3) is 0 Å². The molecule has 0 saturated heterocycles. The van der Waals surface area contributed by atoms with E-state index in [1.165, 1.54) is 11.1 Å². The fraction of sp³-hybridized carbons (Fsp3) is 0.250. The number of hydrogen-bond acceptors (Lipinski definition) is 5. The maximum absolute atomic E-state index is 12.3. The minimum atomic E-state index is -0.144. The lowest BCUT2D eigenvalue weighted by Crippen LogP contribution is -2.17. The summed E-state index contributed by atoms with van der Waals surface area (Å²) in [6.45, 7) is 2.08. The zero-order valence-electron chi connectivity index (χ0n) is 15.6. The van der Waals surface area contributed by atoms with Crippen molar-refractivity contribution in [3.8, 4) is 5.75 Å². The van der Waals surface area contributed by atoms with E-state index >= 15 is 0 Å². The Morgan fingerprint density at radius 2 is 2.00 bits per heavy atom. The molecule has 0 radical (unpaired) electrons. The van der Waals surface area contributed by atoms with E-state index in [0.717, 1.165) is 10.9 Å². The van der Waals surface area contributed by atoms with Crippen molar-refractivity contribution in [3.63, 3.8) is 0 Å². The number of carbonyl (C=O) groups excluding carboxylic acids is 1. The third-order valence-electron chi connectivity index (χ3n) is 4.05. The van der Waals surface area contributed by atoms with Gasteiger partial charge in [0.15, 0.2) is 5.16 Å². The van der Waals surface area contributed by atoms with Crippen molar-refractivity contribution in [1.29, 1.82) is 0 Å². The van der Waals surface area contributed by atoms with Crippen molar-refractivity contribution in [3.05, 3.63) is 65.5 Å². The summed E-state index contributed by atoms with van der Waals surface area (Å²) >= 11 is 1.61. The molecular formula is C20H22N4O2S. The highest BCUT2D eigenvalue weighted by Crippen LogP contribution is 2.22. The summed E-state index contributed by atoms with van der Waals surface area (Å²) < 4.78 is 7.03. The molecule has 1 aromatic heterocycles. The van der Waals surface area contributed by atoms with Crippen molar-refractivity contribution in [2.24, 2.45) is 7.05 Å². The summed E-state index contributed by atoms with van der Waals surface area (Å²) in [6.07, 6.45) is 0.158. The number of aromatic nitrogens is 3. The fourth-order valence-corrected chi connectivity index (χ4v) is 3.50. The normalized spacial score (nSPS) is 10.6. The van der Waals surface area contributed by atoms with E-state index in [1.54, 1.807) is 24.9 Å². The van der Waals surface area contributed by atoms with Crippen LogP contribution in [0.25, 0.3) is 0 Å². The van der Waals surface area contributed by atoms with Crippen LogP contribution in [0.2, 0.25) is 0 Å². The Kier molecular flexibility index (Phi) is 6.13. The van der Waals surface area contributed by atoms with E-state index in [1.807, 2.05) is 29.8 Å². The number of benzene rings is 2. The number of hydrogen-bond donors (Lipinski definition) is 1. The lowest BCUT2D eigenvalue weighted by Gasteiger charge is -2.07. The van der Waals surface area contributed by atoms with Gasteiger partial charge in [0.2, 0.25) is 5.91 Å². The van der Waals surface area contributed by atoms with Crippen LogP contribution in [0.1, 0.15) is 17.0 Å². The molecule has 0 bridgehead atoms. The Morgan fingerprint density at radius 1 is 1.19 bits per heavy atom. The zero-order chi connectivity index (χ0) is 19.2. The quantitative estimate of drug-likeness (QED) is 0.632. The predicted molar refractivity (Wildman–Crippen MR) is 107 cm³/mol. The van der Waals surface area contributed by atoms with Crippen LogP contribution in [0.4, 0.5) is 5.69 Å². The summed E-state index contributed by atoms with van der Waals surface area (Å²) in [6, 6.07) is 15.6. The third-order valence-corrected chi connectivity index (χ3v) is 5.14. The molecule has 0 aliphatic heterocycles. The minimum Gasteiger partial charge on any atom is -0.497 e. The highest BCUT2D eigenvalue weighted by atomic mass is 32.2. The molecule has 0 spiro atoms. The second-order valence-corrected chi connectivity index (χ2v) is 7.13. The van der Waals surface area contributed by atoms with Crippen LogP contribution in [-0.4, -0.2) is 27.8 Å². The molecule has 0 saturated carbocycles. The average molecular weight is 382 g/mol. The molecule has 6 nitrogen and oxygen atoms in total. The van der Waals surface area contributed by atoms with Gasteiger partial charge in [-0.3, -0.25) is 4.79 Å². The summed E-state index contributed by atoms with van der Waals surface area (Å²) in [5.74, 6) is 1.99. The van der Waals surface area contributed by atoms with Crippen LogP contribution in [-0.2, 0) is 24.0 Å². The number of aryl methyl sites for hydroxylation is 1. The molecular weight excluding hydrogens is 360 g/mol. The fourth-order valence-electron chi connectivity index (χ4n) is 2.62. The number of carbonyl (C=O) groups is 1. The van der Waals surface area contributed by atoms with Crippen LogP contribution in [0.5, 0.6) is 5.75 Å². The van der Waals surface area contributed by atoms with Crippen LogP contribution >= 0.6 is 11.8 Å². The topological polar surface area (TPSA) is 69.0 Å². The Bertz CT molecular complexity index is 939. The van der Waals surface area contributed by atoms with Gasteiger partial charge in [0.1, 0.15) is 11.6 Å². The number of nitrogens with zero attached hydrogens (tertiary/aromatic N) is 3. The Labute approximate surface area is 163 Å². The van der Waals surface area contributed by atoms with Crippen molar-refractivity contribution < 1.29 is 9.53 Å². The Hall–Kier alpha value is -2.80. The van der Waals surface area contributed by atoms with E-state index in [9.17, 15) is 4.79 Å². The Balaban J connectivity index is 1.60. The molecule has 140 valence electrons. The molecule has 3 aromatic rings. The first-order valence-corrected chi connectivity index (χ1v) is 9.54. The first-order chi connectivity index (χ1) is 13.0. The molecule has 2 aromatic carbocycles. The van der Waals surface area contributed by atoms with Gasteiger partial charge in [0.05, 0.1) is 13.5 Å². The molecule has 0 unspecified atom stereocenters. The van der Waals surface area contributed by atoms with Crippen LogP contribution in [0.15, 0.2) is 53.7 Å². The summed E-state index contributed by atoms with van der Waals surface area (Å²) in [7, 11) is 3.48. The van der Waals surface area contributed by atoms with Gasteiger partial charge >= 0.3 is 0 Å². The van der Waals surface area contributed by atoms with Crippen LogP contribution in [0, 0.1) is 6.92 Å². The maximum Gasteiger partial charge on any atom is 0.232 e. The lowest BCUT2D eigenvalue weighted by molar-refractivity contribution is -0.115. The molecule has 0 aliphatic carbocycles. The number of anilines is 1. The highest BCUT2D eigenvalue weighted by molar-refractivity contribution is 7.98. The average Bonchev–Trinajstić information content (AvgIpc) is 3.00. The van der Waals surface area contributed by atoms with Crippen molar-refractivity contribution in [1.82, 2.24) is 14.8 Å². The number of rotatable bonds is 7. The van der Waals surface area contributed by atoms with Crippen LogP contribution < -0.4 is 10.1 Å². The number of ether oxygens (including phenoxy) is 1. The Morgan fingerprint density at radius 3 is 2.78 bits per heavy atom. The number of thioether (sulfide) groups is 1. The van der Waals surface area contributed by atoms with Gasteiger partial charge in [-0.25, -0.2) is 0 Å². The molecule has 27 heavy (non-hydrogen) atoms. The van der Waals surface area contributed by atoms with Gasteiger partial charge in [-0.05, 0) is 24.6 Å². The largest absolute Gasteiger partial charge is 0.497 e. The molecule has 1 N–H and O–H groups in total. The first-order valence-electron chi connectivity index (χ1n) is 8.55. The number of amides is 1. The van der Waals surface area contributed by atoms with Crippen LogP contribution in [0.3, 0.4) is 0 Å². The SMILES string of the molecule is COc1cccc(NC(=O)Cc2nnc(SCc3cccc(C)c3)n2C)c1. The number of nitrogens with one attached hydrogen (secondary N) is 1. The van der Waals surface area contributed by atoms with E-state index in [4.69, 9.17) is 4.74 Å². The second kappa shape index (κ2) is 8.73. The number of methoxy groups -OCH3 is 1. The van der Waals surface area contributed by atoms with Crippen molar-refractivity contribution in [2.45, 2.75) is 24.3 Å². The molecule has 1 amide bonds. The molecule has 3 rings (SSSR count). The third kappa shape index (κ3) is 5.10. The second-order valence-electron chi connectivity index (χ2n) is 6.19.